The molecule has 2 heterocycles. The van der Waals surface area contributed by atoms with Gasteiger partial charge < -0.3 is 4.98 Å². The summed E-state index contributed by atoms with van der Waals surface area (Å²) in [7, 11) is 0. The van der Waals surface area contributed by atoms with Gasteiger partial charge in [-0.1, -0.05) is 29.8 Å². The topological polar surface area (TPSA) is 28.7 Å². The monoisotopic (exact) mass is 254 g/mol. The van der Waals surface area contributed by atoms with Crippen LogP contribution in [0, 0.1) is 0 Å². The number of aromatic nitrogens is 2. The van der Waals surface area contributed by atoms with Crippen LogP contribution in [-0.2, 0) is 0 Å². The van der Waals surface area contributed by atoms with Gasteiger partial charge in [-0.25, -0.2) is 0 Å². The van der Waals surface area contributed by atoms with E-state index in [0.717, 1.165) is 27.1 Å². The number of hydrogen-bond acceptors (Lipinski definition) is 1. The minimum Gasteiger partial charge on any atom is -0.361 e. The first-order chi connectivity index (χ1) is 8.83. The Bertz CT molecular complexity index is 699. The average Bonchev–Trinajstić information content (AvgIpc) is 2.80. The molecule has 0 atom stereocenters. The van der Waals surface area contributed by atoms with Crippen LogP contribution in [0.4, 0.5) is 0 Å². The molecule has 0 amide bonds. The van der Waals surface area contributed by atoms with Crippen LogP contribution in [0.15, 0.2) is 48.9 Å². The number of pyridine rings is 1. The summed E-state index contributed by atoms with van der Waals surface area (Å²) in [6, 6.07) is 9.78. The molecular formula is C15H11ClN2. The third-order valence-electron chi connectivity index (χ3n) is 2.82. The molecular weight excluding hydrogens is 244 g/mol. The van der Waals surface area contributed by atoms with E-state index in [0.29, 0.717) is 0 Å². The van der Waals surface area contributed by atoms with E-state index in [2.05, 4.69) is 16.0 Å². The molecule has 0 radical (unpaired) electrons. The van der Waals surface area contributed by atoms with Crippen LogP contribution in [0.25, 0.3) is 23.1 Å². The van der Waals surface area contributed by atoms with Crippen LogP contribution in [0.1, 0.15) is 11.1 Å². The van der Waals surface area contributed by atoms with Crippen molar-refractivity contribution in [2.45, 2.75) is 0 Å². The Morgan fingerprint density at radius 2 is 2.11 bits per heavy atom. The van der Waals surface area contributed by atoms with Crippen molar-refractivity contribution < 1.29 is 0 Å². The molecule has 0 saturated heterocycles. The Balaban J connectivity index is 2.00. The van der Waals surface area contributed by atoms with Crippen LogP contribution >= 0.6 is 11.6 Å². The third kappa shape index (κ3) is 2.15. The standard InChI is InChI=1S/C15H11ClN2/c16-13-5-6-15-14(8-13)12(10-18-15)4-3-11-2-1-7-17-9-11/h1-10,18H/b4-3+. The van der Waals surface area contributed by atoms with Gasteiger partial charge in [0.2, 0.25) is 0 Å². The summed E-state index contributed by atoms with van der Waals surface area (Å²) in [5, 5.41) is 1.88. The van der Waals surface area contributed by atoms with Crippen molar-refractivity contribution in [3.05, 3.63) is 65.1 Å². The maximum Gasteiger partial charge on any atom is 0.0461 e. The number of aromatic amines is 1. The lowest BCUT2D eigenvalue weighted by molar-refractivity contribution is 1.32. The highest BCUT2D eigenvalue weighted by molar-refractivity contribution is 6.31. The lowest BCUT2D eigenvalue weighted by Gasteiger charge is -1.94. The molecule has 3 rings (SSSR count). The molecule has 0 unspecified atom stereocenters. The molecule has 1 N–H and O–H groups in total. The van der Waals surface area contributed by atoms with Crippen LogP contribution in [0.2, 0.25) is 5.02 Å². The van der Waals surface area contributed by atoms with E-state index in [-0.39, 0.29) is 0 Å². The van der Waals surface area contributed by atoms with Crippen LogP contribution in [-0.4, -0.2) is 9.97 Å². The predicted octanol–water partition coefficient (Wildman–Crippen LogP) is 4.39. The predicted molar refractivity (Wildman–Crippen MR) is 76.5 cm³/mol. The van der Waals surface area contributed by atoms with Gasteiger partial charge in [-0.2, -0.15) is 0 Å². The number of hydrogen-bond donors (Lipinski definition) is 1. The number of rotatable bonds is 2. The molecule has 0 aliphatic heterocycles. The second-order valence-electron chi connectivity index (χ2n) is 4.05. The van der Waals surface area contributed by atoms with E-state index < -0.39 is 0 Å². The summed E-state index contributed by atoms with van der Waals surface area (Å²) in [4.78, 5) is 7.31. The second kappa shape index (κ2) is 4.67. The minimum absolute atomic E-state index is 0.748. The maximum absolute atomic E-state index is 6.02. The SMILES string of the molecule is Clc1ccc2[nH]cc(/C=C/c3cccnc3)c2c1. The lowest BCUT2D eigenvalue weighted by atomic mass is 10.1. The number of benzene rings is 1. The van der Waals surface area contributed by atoms with Crippen molar-refractivity contribution >= 4 is 34.7 Å². The first-order valence-electron chi connectivity index (χ1n) is 5.68. The Morgan fingerprint density at radius 3 is 2.94 bits per heavy atom. The molecule has 18 heavy (non-hydrogen) atoms. The molecule has 0 aliphatic rings. The number of nitrogens with zero attached hydrogens (tertiary/aromatic N) is 1. The Morgan fingerprint density at radius 1 is 1.17 bits per heavy atom. The van der Waals surface area contributed by atoms with Crippen LogP contribution in [0.5, 0.6) is 0 Å². The molecule has 0 saturated carbocycles. The summed E-state index contributed by atoms with van der Waals surface area (Å²) in [5.74, 6) is 0. The summed E-state index contributed by atoms with van der Waals surface area (Å²) < 4.78 is 0. The van der Waals surface area contributed by atoms with Crippen molar-refractivity contribution in [3.8, 4) is 0 Å². The van der Waals surface area contributed by atoms with Gasteiger partial charge in [0.25, 0.3) is 0 Å². The smallest absolute Gasteiger partial charge is 0.0461 e. The summed E-state index contributed by atoms with van der Waals surface area (Å²) in [6.07, 6.45) is 9.68. The molecule has 0 aliphatic carbocycles. The normalized spacial score (nSPS) is 11.4. The fraction of sp³-hybridized carbons (Fsp3) is 0. The van der Waals surface area contributed by atoms with Crippen LogP contribution < -0.4 is 0 Å². The fourth-order valence-corrected chi connectivity index (χ4v) is 2.08. The Hall–Kier alpha value is -2.06. The van der Waals surface area contributed by atoms with Crippen molar-refractivity contribution in [2.24, 2.45) is 0 Å². The van der Waals surface area contributed by atoms with Gasteiger partial charge in [-0.05, 0) is 35.4 Å². The van der Waals surface area contributed by atoms with Gasteiger partial charge in [0.15, 0.2) is 0 Å². The van der Waals surface area contributed by atoms with Gasteiger partial charge in [-0.15, -0.1) is 0 Å². The largest absolute Gasteiger partial charge is 0.361 e. The molecule has 0 fully saturated rings. The minimum atomic E-state index is 0.748. The van der Waals surface area contributed by atoms with Gasteiger partial charge in [0.05, 0.1) is 0 Å². The van der Waals surface area contributed by atoms with Crippen LogP contribution in [0.3, 0.4) is 0 Å². The third-order valence-corrected chi connectivity index (χ3v) is 3.05. The fourth-order valence-electron chi connectivity index (χ4n) is 1.91. The molecule has 0 bridgehead atoms. The summed E-state index contributed by atoms with van der Waals surface area (Å²) >= 11 is 6.02. The van der Waals surface area contributed by atoms with E-state index in [9.17, 15) is 0 Å². The molecule has 3 heteroatoms. The molecule has 0 spiro atoms. The van der Waals surface area contributed by atoms with E-state index >= 15 is 0 Å². The van der Waals surface area contributed by atoms with Gasteiger partial charge in [0, 0.05) is 34.5 Å². The summed E-state index contributed by atoms with van der Waals surface area (Å²) in [6.45, 7) is 0. The second-order valence-corrected chi connectivity index (χ2v) is 4.49. The highest BCUT2D eigenvalue weighted by Crippen LogP contribution is 2.23. The molecule has 88 valence electrons. The molecule has 3 aromatic rings. The van der Waals surface area contributed by atoms with Crippen molar-refractivity contribution in [3.63, 3.8) is 0 Å². The lowest BCUT2D eigenvalue weighted by Crippen LogP contribution is -1.73. The van der Waals surface area contributed by atoms with E-state index in [4.69, 9.17) is 11.6 Å². The van der Waals surface area contributed by atoms with E-state index in [1.54, 1.807) is 6.20 Å². The first-order valence-corrected chi connectivity index (χ1v) is 6.05. The Labute approximate surface area is 110 Å². The number of H-pyrrole nitrogens is 1. The number of nitrogens with one attached hydrogen (secondary N) is 1. The van der Waals surface area contributed by atoms with Gasteiger partial charge in [-0.3, -0.25) is 4.98 Å². The maximum atomic E-state index is 6.02. The number of fused-ring (bicyclic) bond motifs is 1. The van der Waals surface area contributed by atoms with Crippen molar-refractivity contribution in [2.75, 3.05) is 0 Å². The Kier molecular flexibility index (Phi) is 2.87. The number of halogens is 1. The summed E-state index contributed by atoms with van der Waals surface area (Å²) in [5.41, 5.74) is 3.29. The molecule has 2 nitrogen and oxygen atoms in total. The van der Waals surface area contributed by atoms with E-state index in [1.807, 2.05) is 48.8 Å². The zero-order chi connectivity index (χ0) is 12.4. The van der Waals surface area contributed by atoms with Crippen molar-refractivity contribution in [1.82, 2.24) is 9.97 Å². The quantitative estimate of drug-likeness (QED) is 0.722. The zero-order valence-corrected chi connectivity index (χ0v) is 10.4. The van der Waals surface area contributed by atoms with Crippen molar-refractivity contribution in [1.29, 1.82) is 0 Å². The first kappa shape index (κ1) is 11.1. The average molecular weight is 255 g/mol. The molecule has 2 aromatic heterocycles. The highest BCUT2D eigenvalue weighted by Gasteiger charge is 2.01. The zero-order valence-electron chi connectivity index (χ0n) is 9.60. The van der Waals surface area contributed by atoms with E-state index in [1.165, 1.54) is 0 Å². The van der Waals surface area contributed by atoms with Gasteiger partial charge in [0.1, 0.15) is 0 Å². The highest BCUT2D eigenvalue weighted by atomic mass is 35.5. The molecule has 1 aromatic carbocycles. The van der Waals surface area contributed by atoms with Gasteiger partial charge >= 0.3 is 0 Å².